The second kappa shape index (κ2) is 4.98. The van der Waals surface area contributed by atoms with Gasteiger partial charge in [-0.05, 0) is 24.6 Å². The summed E-state index contributed by atoms with van der Waals surface area (Å²) in [6.45, 7) is 2.38. The number of hydrogen-bond acceptors (Lipinski definition) is 2. The lowest BCUT2D eigenvalue weighted by atomic mass is 10.1. The van der Waals surface area contributed by atoms with Gasteiger partial charge in [0.05, 0.1) is 5.92 Å². The van der Waals surface area contributed by atoms with Gasteiger partial charge in [-0.15, -0.1) is 0 Å². The Labute approximate surface area is 111 Å². The van der Waals surface area contributed by atoms with E-state index in [2.05, 4.69) is 5.32 Å². The minimum atomic E-state index is -0.275. The average molecular weight is 267 g/mol. The molecular weight excluding hydrogens is 252 g/mol. The number of carbonyl (C=O) groups is 2. The molecule has 96 valence electrons. The number of rotatable bonds is 2. The molecule has 1 aromatic carbocycles. The van der Waals surface area contributed by atoms with Crippen LogP contribution in [0.4, 0.5) is 5.69 Å². The van der Waals surface area contributed by atoms with Crippen LogP contribution in [0.2, 0.25) is 5.02 Å². The van der Waals surface area contributed by atoms with Gasteiger partial charge in [-0.3, -0.25) is 9.59 Å². The number of benzene rings is 1. The van der Waals surface area contributed by atoms with Crippen LogP contribution in [0, 0.1) is 12.8 Å². The molecule has 0 spiro atoms. The van der Waals surface area contributed by atoms with Gasteiger partial charge in [0.2, 0.25) is 11.8 Å². The van der Waals surface area contributed by atoms with E-state index < -0.39 is 0 Å². The van der Waals surface area contributed by atoms with Gasteiger partial charge in [0, 0.05) is 30.7 Å². The van der Waals surface area contributed by atoms with E-state index >= 15 is 0 Å². The van der Waals surface area contributed by atoms with Crippen molar-refractivity contribution in [2.45, 2.75) is 13.3 Å². The minimum Gasteiger partial charge on any atom is -0.345 e. The highest BCUT2D eigenvalue weighted by Crippen LogP contribution is 2.22. The third-order valence-corrected chi connectivity index (χ3v) is 3.56. The summed E-state index contributed by atoms with van der Waals surface area (Å²) in [5.74, 6) is -0.396. The Bertz CT molecular complexity index is 502. The van der Waals surface area contributed by atoms with Crippen molar-refractivity contribution in [2.24, 2.45) is 5.92 Å². The fourth-order valence-electron chi connectivity index (χ4n) is 1.95. The summed E-state index contributed by atoms with van der Waals surface area (Å²) in [6.07, 6.45) is 0.280. The third kappa shape index (κ3) is 2.64. The molecule has 4 nitrogen and oxygen atoms in total. The SMILES string of the molecule is Cc1ccc(NC(=O)C2CC(=O)N(C)C2)cc1Cl. The van der Waals surface area contributed by atoms with Crippen LogP contribution in [-0.2, 0) is 9.59 Å². The van der Waals surface area contributed by atoms with Crippen molar-refractivity contribution in [3.63, 3.8) is 0 Å². The number of hydrogen-bond donors (Lipinski definition) is 1. The van der Waals surface area contributed by atoms with Crippen molar-refractivity contribution in [2.75, 3.05) is 18.9 Å². The number of nitrogens with one attached hydrogen (secondary N) is 1. The quantitative estimate of drug-likeness (QED) is 0.891. The number of halogens is 1. The molecule has 1 atom stereocenters. The average Bonchev–Trinajstić information content (AvgIpc) is 2.65. The van der Waals surface area contributed by atoms with Crippen LogP contribution in [0.3, 0.4) is 0 Å². The largest absolute Gasteiger partial charge is 0.345 e. The predicted molar refractivity (Wildman–Crippen MR) is 70.6 cm³/mol. The zero-order valence-electron chi connectivity index (χ0n) is 10.4. The number of aryl methyl sites for hydroxylation is 1. The molecule has 2 rings (SSSR count). The van der Waals surface area contributed by atoms with Gasteiger partial charge in [0.25, 0.3) is 0 Å². The third-order valence-electron chi connectivity index (χ3n) is 3.15. The first-order valence-electron chi connectivity index (χ1n) is 5.78. The smallest absolute Gasteiger partial charge is 0.229 e. The number of likely N-dealkylation sites (tertiary alicyclic amines) is 1. The van der Waals surface area contributed by atoms with E-state index in [4.69, 9.17) is 11.6 Å². The highest BCUT2D eigenvalue weighted by atomic mass is 35.5. The van der Waals surface area contributed by atoms with Gasteiger partial charge in [-0.1, -0.05) is 17.7 Å². The van der Waals surface area contributed by atoms with E-state index in [0.29, 0.717) is 17.3 Å². The lowest BCUT2D eigenvalue weighted by Crippen LogP contribution is -2.25. The molecule has 1 saturated heterocycles. The zero-order chi connectivity index (χ0) is 13.3. The minimum absolute atomic E-state index is 0.0112. The molecule has 2 amide bonds. The van der Waals surface area contributed by atoms with Gasteiger partial charge in [-0.2, -0.15) is 0 Å². The summed E-state index contributed by atoms with van der Waals surface area (Å²) in [5, 5.41) is 3.41. The molecule has 0 radical (unpaired) electrons. The van der Waals surface area contributed by atoms with Crippen LogP contribution in [0.1, 0.15) is 12.0 Å². The number of nitrogens with zero attached hydrogens (tertiary/aromatic N) is 1. The zero-order valence-corrected chi connectivity index (χ0v) is 11.1. The molecule has 0 saturated carbocycles. The van der Waals surface area contributed by atoms with Crippen LogP contribution in [-0.4, -0.2) is 30.3 Å². The molecule has 1 N–H and O–H groups in total. The molecule has 18 heavy (non-hydrogen) atoms. The molecule has 1 heterocycles. The van der Waals surface area contributed by atoms with Gasteiger partial charge in [0.1, 0.15) is 0 Å². The fraction of sp³-hybridized carbons (Fsp3) is 0.385. The van der Waals surface area contributed by atoms with Crippen LogP contribution < -0.4 is 5.32 Å². The lowest BCUT2D eigenvalue weighted by Gasteiger charge is -2.11. The van der Waals surface area contributed by atoms with Crippen LogP contribution in [0.15, 0.2) is 18.2 Å². The molecular formula is C13H15ClN2O2. The standard InChI is InChI=1S/C13H15ClN2O2/c1-8-3-4-10(6-11(8)14)15-13(18)9-5-12(17)16(2)7-9/h3-4,6,9H,5,7H2,1-2H3,(H,15,18). The molecule has 5 heteroatoms. The first-order chi connectivity index (χ1) is 8.47. The molecule has 1 aliphatic rings. The topological polar surface area (TPSA) is 49.4 Å². The molecule has 0 aromatic heterocycles. The maximum atomic E-state index is 12.0. The number of carbonyl (C=O) groups excluding carboxylic acids is 2. The molecule has 1 unspecified atom stereocenters. The van der Waals surface area contributed by atoms with E-state index in [9.17, 15) is 9.59 Å². The van der Waals surface area contributed by atoms with Crippen LogP contribution >= 0.6 is 11.6 Å². The fourth-order valence-corrected chi connectivity index (χ4v) is 2.13. The summed E-state index contributed by atoms with van der Waals surface area (Å²) in [5.41, 5.74) is 1.63. The summed E-state index contributed by atoms with van der Waals surface area (Å²) in [7, 11) is 1.71. The summed E-state index contributed by atoms with van der Waals surface area (Å²) >= 11 is 5.99. The van der Waals surface area contributed by atoms with E-state index in [0.717, 1.165) is 5.56 Å². The molecule has 1 fully saturated rings. The van der Waals surface area contributed by atoms with E-state index in [1.54, 1.807) is 24.1 Å². The molecule has 0 bridgehead atoms. The highest BCUT2D eigenvalue weighted by Gasteiger charge is 2.32. The van der Waals surface area contributed by atoms with E-state index in [1.807, 2.05) is 13.0 Å². The maximum Gasteiger partial charge on any atom is 0.229 e. The van der Waals surface area contributed by atoms with Crippen LogP contribution in [0.5, 0.6) is 0 Å². The highest BCUT2D eigenvalue weighted by molar-refractivity contribution is 6.31. The molecule has 0 aliphatic carbocycles. The number of amides is 2. The summed E-state index contributed by atoms with van der Waals surface area (Å²) in [6, 6.07) is 5.37. The number of anilines is 1. The van der Waals surface area contributed by atoms with Crippen LogP contribution in [0.25, 0.3) is 0 Å². The van der Waals surface area contributed by atoms with Gasteiger partial charge in [-0.25, -0.2) is 0 Å². The Hall–Kier alpha value is -1.55. The van der Waals surface area contributed by atoms with Crippen molar-refractivity contribution >= 4 is 29.1 Å². The lowest BCUT2D eigenvalue weighted by molar-refractivity contribution is -0.127. The Kier molecular flexibility index (Phi) is 3.57. The molecule has 1 aromatic rings. The Morgan fingerprint density at radius 1 is 1.50 bits per heavy atom. The second-order valence-corrected chi connectivity index (χ2v) is 5.04. The summed E-state index contributed by atoms with van der Waals surface area (Å²) < 4.78 is 0. The van der Waals surface area contributed by atoms with Crippen molar-refractivity contribution in [3.05, 3.63) is 28.8 Å². The normalized spacial score (nSPS) is 19.2. The first kappa shape index (κ1) is 12.9. The van der Waals surface area contributed by atoms with Gasteiger partial charge >= 0.3 is 0 Å². The van der Waals surface area contributed by atoms with Crippen molar-refractivity contribution in [1.29, 1.82) is 0 Å². The van der Waals surface area contributed by atoms with E-state index in [1.165, 1.54) is 0 Å². The Balaban J connectivity index is 2.03. The Morgan fingerprint density at radius 3 is 2.78 bits per heavy atom. The maximum absolute atomic E-state index is 12.0. The van der Waals surface area contributed by atoms with E-state index in [-0.39, 0.29) is 24.2 Å². The Morgan fingerprint density at radius 2 is 2.22 bits per heavy atom. The summed E-state index contributed by atoms with van der Waals surface area (Å²) in [4.78, 5) is 24.9. The monoisotopic (exact) mass is 266 g/mol. The molecule has 1 aliphatic heterocycles. The van der Waals surface area contributed by atoms with Crippen molar-refractivity contribution in [1.82, 2.24) is 4.90 Å². The van der Waals surface area contributed by atoms with Crippen molar-refractivity contribution < 1.29 is 9.59 Å². The van der Waals surface area contributed by atoms with Gasteiger partial charge < -0.3 is 10.2 Å². The second-order valence-electron chi connectivity index (χ2n) is 4.63. The first-order valence-corrected chi connectivity index (χ1v) is 6.16. The predicted octanol–water partition coefficient (Wildman–Crippen LogP) is 2.07. The van der Waals surface area contributed by atoms with Crippen molar-refractivity contribution in [3.8, 4) is 0 Å². The van der Waals surface area contributed by atoms with Gasteiger partial charge in [0.15, 0.2) is 0 Å².